The van der Waals surface area contributed by atoms with Gasteiger partial charge in [-0.15, -0.1) is 6.42 Å². The van der Waals surface area contributed by atoms with Crippen LogP contribution in [0.25, 0.3) is 0 Å². The standard InChI is InChI=1S/C8H6FNO/c1-3-6-7(9)4-5-10-8(6)11-2/h1,4-5H,2H3. The summed E-state index contributed by atoms with van der Waals surface area (Å²) in [6.45, 7) is 0. The SMILES string of the molecule is C#Cc1c(F)ccnc1OC. The van der Waals surface area contributed by atoms with Gasteiger partial charge in [0, 0.05) is 6.20 Å². The summed E-state index contributed by atoms with van der Waals surface area (Å²) in [5.74, 6) is 1.81. The van der Waals surface area contributed by atoms with Gasteiger partial charge in [0.15, 0.2) is 0 Å². The molecule has 11 heavy (non-hydrogen) atoms. The van der Waals surface area contributed by atoms with E-state index in [9.17, 15) is 4.39 Å². The smallest absolute Gasteiger partial charge is 0.232 e. The Morgan fingerprint density at radius 2 is 2.45 bits per heavy atom. The summed E-state index contributed by atoms with van der Waals surface area (Å²) in [5.41, 5.74) is 0.0648. The van der Waals surface area contributed by atoms with Crippen molar-refractivity contribution in [1.82, 2.24) is 4.98 Å². The first-order valence-electron chi connectivity index (χ1n) is 2.94. The van der Waals surface area contributed by atoms with Crippen LogP contribution in [0.5, 0.6) is 5.88 Å². The maximum absolute atomic E-state index is 12.8. The van der Waals surface area contributed by atoms with E-state index >= 15 is 0 Å². The third-order valence-electron chi connectivity index (χ3n) is 1.20. The second-order valence-electron chi connectivity index (χ2n) is 1.82. The van der Waals surface area contributed by atoms with E-state index in [0.29, 0.717) is 0 Å². The van der Waals surface area contributed by atoms with Gasteiger partial charge >= 0.3 is 0 Å². The second kappa shape index (κ2) is 3.02. The van der Waals surface area contributed by atoms with Gasteiger partial charge in [0.25, 0.3) is 0 Å². The molecule has 1 heterocycles. The molecule has 1 aromatic heterocycles. The minimum Gasteiger partial charge on any atom is -0.480 e. The van der Waals surface area contributed by atoms with Gasteiger partial charge in [-0.05, 0) is 6.07 Å². The topological polar surface area (TPSA) is 22.1 Å². The average Bonchev–Trinajstić information content (AvgIpc) is 2.04. The summed E-state index contributed by atoms with van der Waals surface area (Å²) in [6.07, 6.45) is 6.32. The molecule has 0 fully saturated rings. The molecule has 2 nitrogen and oxygen atoms in total. The van der Waals surface area contributed by atoms with Gasteiger partial charge in [-0.3, -0.25) is 0 Å². The van der Waals surface area contributed by atoms with E-state index in [4.69, 9.17) is 11.2 Å². The number of pyridine rings is 1. The highest BCUT2D eigenvalue weighted by atomic mass is 19.1. The molecule has 0 unspecified atom stereocenters. The van der Waals surface area contributed by atoms with Crippen molar-refractivity contribution in [3.63, 3.8) is 0 Å². The zero-order valence-electron chi connectivity index (χ0n) is 5.97. The lowest BCUT2D eigenvalue weighted by molar-refractivity contribution is 0.392. The van der Waals surface area contributed by atoms with Gasteiger partial charge in [-0.1, -0.05) is 5.92 Å². The van der Waals surface area contributed by atoms with Gasteiger partial charge in [-0.2, -0.15) is 0 Å². The number of halogens is 1. The largest absolute Gasteiger partial charge is 0.480 e. The van der Waals surface area contributed by atoms with Crippen molar-refractivity contribution < 1.29 is 9.13 Å². The summed E-state index contributed by atoms with van der Waals surface area (Å²) < 4.78 is 17.5. The molecule has 0 bridgehead atoms. The van der Waals surface area contributed by atoms with E-state index in [1.807, 2.05) is 0 Å². The monoisotopic (exact) mass is 151 g/mol. The number of rotatable bonds is 1. The maximum atomic E-state index is 12.8. The maximum Gasteiger partial charge on any atom is 0.232 e. The fraction of sp³-hybridized carbons (Fsp3) is 0.125. The Morgan fingerprint density at radius 3 is 2.91 bits per heavy atom. The number of nitrogens with zero attached hydrogens (tertiary/aromatic N) is 1. The van der Waals surface area contributed by atoms with Crippen molar-refractivity contribution in [3.05, 3.63) is 23.6 Å². The van der Waals surface area contributed by atoms with Crippen LogP contribution in [-0.2, 0) is 0 Å². The lowest BCUT2D eigenvalue weighted by atomic mass is 10.3. The minimum atomic E-state index is -0.487. The fourth-order valence-electron chi connectivity index (χ4n) is 0.706. The van der Waals surface area contributed by atoms with Crippen LogP contribution in [0.3, 0.4) is 0 Å². The minimum absolute atomic E-state index is 0.0648. The Hall–Kier alpha value is -1.56. The van der Waals surface area contributed by atoms with Gasteiger partial charge in [0.2, 0.25) is 5.88 Å². The Morgan fingerprint density at radius 1 is 1.73 bits per heavy atom. The molecular weight excluding hydrogens is 145 g/mol. The van der Waals surface area contributed by atoms with Crippen LogP contribution in [0.1, 0.15) is 5.56 Å². The van der Waals surface area contributed by atoms with Crippen LogP contribution in [0.4, 0.5) is 4.39 Å². The zero-order chi connectivity index (χ0) is 8.27. The lowest BCUT2D eigenvalue weighted by Gasteiger charge is -2.00. The molecule has 0 atom stereocenters. The summed E-state index contributed by atoms with van der Waals surface area (Å²) in [6, 6.07) is 1.19. The molecule has 0 N–H and O–H groups in total. The predicted molar refractivity (Wildman–Crippen MR) is 38.7 cm³/mol. The molecular formula is C8H6FNO. The van der Waals surface area contributed by atoms with Crippen molar-refractivity contribution >= 4 is 0 Å². The molecule has 0 spiro atoms. The van der Waals surface area contributed by atoms with Crippen molar-refractivity contribution in [2.45, 2.75) is 0 Å². The third-order valence-corrected chi connectivity index (χ3v) is 1.20. The number of terminal acetylenes is 1. The van der Waals surface area contributed by atoms with Gasteiger partial charge in [0.1, 0.15) is 11.4 Å². The molecule has 1 rings (SSSR count). The lowest BCUT2D eigenvalue weighted by Crippen LogP contribution is -1.93. The van der Waals surface area contributed by atoms with E-state index in [0.717, 1.165) is 0 Å². The fourth-order valence-corrected chi connectivity index (χ4v) is 0.706. The highest BCUT2D eigenvalue weighted by Crippen LogP contribution is 2.15. The molecule has 0 aromatic carbocycles. The summed E-state index contributed by atoms with van der Waals surface area (Å²) in [5, 5.41) is 0. The van der Waals surface area contributed by atoms with Crippen LogP contribution < -0.4 is 4.74 Å². The van der Waals surface area contributed by atoms with Crippen molar-refractivity contribution in [3.8, 4) is 18.2 Å². The molecule has 3 heteroatoms. The highest BCUT2D eigenvalue weighted by Gasteiger charge is 2.05. The van der Waals surface area contributed by atoms with E-state index in [1.54, 1.807) is 0 Å². The Labute approximate surface area is 64.0 Å². The average molecular weight is 151 g/mol. The molecule has 0 aliphatic carbocycles. The predicted octanol–water partition coefficient (Wildman–Crippen LogP) is 1.21. The van der Waals surface area contributed by atoms with Crippen LogP contribution in [0, 0.1) is 18.2 Å². The zero-order valence-corrected chi connectivity index (χ0v) is 5.97. The Kier molecular flexibility index (Phi) is 2.07. The molecule has 0 radical (unpaired) electrons. The molecule has 0 amide bonds. The molecule has 0 saturated carbocycles. The summed E-state index contributed by atoms with van der Waals surface area (Å²) >= 11 is 0. The molecule has 56 valence electrons. The number of hydrogen-bond acceptors (Lipinski definition) is 2. The third kappa shape index (κ3) is 1.30. The Bertz CT molecular complexity index is 303. The second-order valence-corrected chi connectivity index (χ2v) is 1.82. The summed E-state index contributed by atoms with van der Waals surface area (Å²) in [7, 11) is 1.39. The van der Waals surface area contributed by atoms with Gasteiger partial charge in [0.05, 0.1) is 7.11 Å². The molecule has 0 aliphatic rings. The number of hydrogen-bond donors (Lipinski definition) is 0. The van der Waals surface area contributed by atoms with Crippen molar-refractivity contribution in [2.24, 2.45) is 0 Å². The number of ether oxygens (including phenoxy) is 1. The van der Waals surface area contributed by atoms with Crippen LogP contribution >= 0.6 is 0 Å². The van der Waals surface area contributed by atoms with E-state index in [2.05, 4.69) is 10.9 Å². The number of aromatic nitrogens is 1. The van der Waals surface area contributed by atoms with Crippen LogP contribution in [-0.4, -0.2) is 12.1 Å². The molecule has 0 saturated heterocycles. The first-order chi connectivity index (χ1) is 5.29. The normalized spacial score (nSPS) is 8.82. The van der Waals surface area contributed by atoms with E-state index in [-0.39, 0.29) is 11.4 Å². The van der Waals surface area contributed by atoms with Gasteiger partial charge < -0.3 is 4.74 Å². The van der Waals surface area contributed by atoms with Crippen LogP contribution in [0.15, 0.2) is 12.3 Å². The first kappa shape index (κ1) is 7.55. The number of methoxy groups -OCH3 is 1. The van der Waals surface area contributed by atoms with Crippen molar-refractivity contribution in [2.75, 3.05) is 7.11 Å². The van der Waals surface area contributed by atoms with E-state index < -0.39 is 5.82 Å². The molecule has 0 aliphatic heterocycles. The van der Waals surface area contributed by atoms with Gasteiger partial charge in [-0.25, -0.2) is 9.37 Å². The Balaban J connectivity index is 3.27. The highest BCUT2D eigenvalue weighted by molar-refractivity contribution is 5.40. The first-order valence-corrected chi connectivity index (χ1v) is 2.94. The van der Waals surface area contributed by atoms with Crippen molar-refractivity contribution in [1.29, 1.82) is 0 Å². The molecule has 1 aromatic rings. The van der Waals surface area contributed by atoms with Crippen LogP contribution in [0.2, 0.25) is 0 Å². The van der Waals surface area contributed by atoms with E-state index in [1.165, 1.54) is 19.4 Å². The summed E-state index contributed by atoms with van der Waals surface area (Å²) in [4.78, 5) is 3.72. The quantitative estimate of drug-likeness (QED) is 0.563.